The number of hydrogen-bond acceptors (Lipinski definition) is 1. The van der Waals surface area contributed by atoms with E-state index >= 15 is 0 Å². The van der Waals surface area contributed by atoms with E-state index in [1.165, 1.54) is 11.1 Å². The van der Waals surface area contributed by atoms with Crippen molar-refractivity contribution < 1.29 is 0 Å². The molecule has 1 heterocycles. The van der Waals surface area contributed by atoms with Gasteiger partial charge in [0.25, 0.3) is 0 Å². The number of fused-ring (bicyclic) bond motifs is 1. The third kappa shape index (κ3) is 0.971. The second-order valence-electron chi connectivity index (χ2n) is 2.34. The molecule has 0 aromatic carbocycles. The summed E-state index contributed by atoms with van der Waals surface area (Å²) in [7, 11) is 0. The third-order valence-corrected chi connectivity index (χ3v) is 2.37. The van der Waals surface area contributed by atoms with Crippen LogP contribution in [0.1, 0.15) is 6.42 Å². The van der Waals surface area contributed by atoms with E-state index in [2.05, 4.69) is 35.1 Å². The number of allylic oxidation sites excluding steroid dienone is 6. The van der Waals surface area contributed by atoms with E-state index in [1.807, 2.05) is 0 Å². The largest absolute Gasteiger partial charge is 0.106 e. The summed E-state index contributed by atoms with van der Waals surface area (Å²) in [5, 5.41) is 4.34. The van der Waals surface area contributed by atoms with Gasteiger partial charge >= 0.3 is 0 Å². The molecule has 0 saturated carbocycles. The van der Waals surface area contributed by atoms with Crippen molar-refractivity contribution in [1.82, 2.24) is 0 Å². The SMILES string of the molecule is C1=CCC2=CSC=CC2=C1. The molecule has 0 bridgehead atoms. The highest BCUT2D eigenvalue weighted by Crippen LogP contribution is 2.28. The lowest BCUT2D eigenvalue weighted by molar-refractivity contribution is 1.23. The summed E-state index contributed by atoms with van der Waals surface area (Å²) in [5.74, 6) is 0. The maximum Gasteiger partial charge on any atom is -0.00832 e. The van der Waals surface area contributed by atoms with Gasteiger partial charge in [0.05, 0.1) is 0 Å². The molecule has 0 saturated heterocycles. The maximum atomic E-state index is 2.22. The Morgan fingerprint density at radius 3 is 3.30 bits per heavy atom. The van der Waals surface area contributed by atoms with Gasteiger partial charge in [-0.15, -0.1) is 11.8 Å². The van der Waals surface area contributed by atoms with Crippen LogP contribution in [0.3, 0.4) is 0 Å². The molecule has 50 valence electrons. The van der Waals surface area contributed by atoms with Gasteiger partial charge in [-0.2, -0.15) is 0 Å². The van der Waals surface area contributed by atoms with Gasteiger partial charge in [-0.25, -0.2) is 0 Å². The predicted octanol–water partition coefficient (Wildman–Crippen LogP) is 3.02. The minimum Gasteiger partial charge on any atom is -0.106 e. The van der Waals surface area contributed by atoms with Crippen LogP contribution in [-0.2, 0) is 0 Å². The molecule has 1 heteroatoms. The number of rotatable bonds is 0. The van der Waals surface area contributed by atoms with Crippen molar-refractivity contribution in [1.29, 1.82) is 0 Å². The molecule has 0 fully saturated rings. The normalized spacial score (nSPS) is 21.6. The fraction of sp³-hybridized carbons (Fsp3) is 0.111. The maximum absolute atomic E-state index is 2.22. The van der Waals surface area contributed by atoms with Crippen LogP contribution in [0, 0.1) is 0 Å². The Kier molecular flexibility index (Phi) is 1.52. The van der Waals surface area contributed by atoms with Crippen molar-refractivity contribution in [2.24, 2.45) is 0 Å². The van der Waals surface area contributed by atoms with Crippen molar-refractivity contribution in [3.63, 3.8) is 0 Å². The molecular weight excluding hydrogens is 140 g/mol. The van der Waals surface area contributed by atoms with Crippen LogP contribution in [0.4, 0.5) is 0 Å². The fourth-order valence-electron chi connectivity index (χ4n) is 1.10. The molecule has 2 aliphatic rings. The lowest BCUT2D eigenvalue weighted by atomic mass is 10.00. The van der Waals surface area contributed by atoms with Gasteiger partial charge in [0.15, 0.2) is 0 Å². The van der Waals surface area contributed by atoms with Crippen LogP contribution in [0.2, 0.25) is 0 Å². The quantitative estimate of drug-likeness (QED) is 0.509. The summed E-state index contributed by atoms with van der Waals surface area (Å²) >= 11 is 1.76. The Bertz CT molecular complexity index is 254. The van der Waals surface area contributed by atoms with E-state index in [9.17, 15) is 0 Å². The molecule has 2 rings (SSSR count). The van der Waals surface area contributed by atoms with Gasteiger partial charge < -0.3 is 0 Å². The Morgan fingerprint density at radius 1 is 1.40 bits per heavy atom. The topological polar surface area (TPSA) is 0 Å². The van der Waals surface area contributed by atoms with Crippen molar-refractivity contribution in [3.8, 4) is 0 Å². The Morgan fingerprint density at radius 2 is 2.40 bits per heavy atom. The van der Waals surface area contributed by atoms with Gasteiger partial charge in [0, 0.05) is 0 Å². The first kappa shape index (κ1) is 6.05. The Labute approximate surface area is 65.0 Å². The second-order valence-corrected chi connectivity index (χ2v) is 3.12. The molecule has 0 amide bonds. The van der Waals surface area contributed by atoms with Crippen LogP contribution in [0.5, 0.6) is 0 Å². The average molecular weight is 148 g/mol. The fourth-order valence-corrected chi connectivity index (χ4v) is 1.80. The van der Waals surface area contributed by atoms with E-state index in [0.29, 0.717) is 0 Å². The molecule has 10 heavy (non-hydrogen) atoms. The zero-order valence-electron chi connectivity index (χ0n) is 5.58. The van der Waals surface area contributed by atoms with Crippen molar-refractivity contribution in [2.75, 3.05) is 0 Å². The number of hydrogen-bond donors (Lipinski definition) is 0. The van der Waals surface area contributed by atoms with Gasteiger partial charge in [0.2, 0.25) is 0 Å². The molecule has 0 atom stereocenters. The van der Waals surface area contributed by atoms with Crippen LogP contribution < -0.4 is 0 Å². The molecule has 0 aromatic heterocycles. The first-order valence-corrected chi connectivity index (χ1v) is 4.29. The zero-order valence-corrected chi connectivity index (χ0v) is 6.40. The van der Waals surface area contributed by atoms with Gasteiger partial charge in [-0.3, -0.25) is 0 Å². The summed E-state index contributed by atoms with van der Waals surface area (Å²) in [6, 6.07) is 0. The van der Waals surface area contributed by atoms with Crippen molar-refractivity contribution in [2.45, 2.75) is 6.42 Å². The highest BCUT2D eigenvalue weighted by Gasteiger charge is 2.05. The van der Waals surface area contributed by atoms with Crippen LogP contribution >= 0.6 is 11.8 Å². The van der Waals surface area contributed by atoms with Crippen LogP contribution in [-0.4, -0.2) is 0 Å². The summed E-state index contributed by atoms with van der Waals surface area (Å²) in [4.78, 5) is 0. The molecule has 0 unspecified atom stereocenters. The minimum absolute atomic E-state index is 1.10. The molecule has 0 N–H and O–H groups in total. The van der Waals surface area contributed by atoms with Gasteiger partial charge in [0.1, 0.15) is 0 Å². The first-order valence-electron chi connectivity index (χ1n) is 3.35. The molecule has 0 nitrogen and oxygen atoms in total. The van der Waals surface area contributed by atoms with E-state index in [-0.39, 0.29) is 0 Å². The average Bonchev–Trinajstić information content (AvgIpc) is 2.05. The minimum atomic E-state index is 1.10. The molecule has 0 radical (unpaired) electrons. The van der Waals surface area contributed by atoms with Crippen LogP contribution in [0.25, 0.3) is 0 Å². The lowest BCUT2D eigenvalue weighted by Gasteiger charge is -2.11. The lowest BCUT2D eigenvalue weighted by Crippen LogP contribution is -1.90. The zero-order chi connectivity index (χ0) is 6.81. The molecule has 0 spiro atoms. The first-order chi connectivity index (χ1) is 4.97. The summed E-state index contributed by atoms with van der Waals surface area (Å²) in [6.45, 7) is 0. The smallest absolute Gasteiger partial charge is 0.00832 e. The second kappa shape index (κ2) is 2.51. The monoisotopic (exact) mass is 148 g/mol. The summed E-state index contributed by atoms with van der Waals surface area (Å²) in [6.07, 6.45) is 9.74. The molecule has 0 aromatic rings. The third-order valence-electron chi connectivity index (χ3n) is 1.66. The van der Waals surface area contributed by atoms with E-state index in [0.717, 1.165) is 6.42 Å². The summed E-state index contributed by atoms with van der Waals surface area (Å²) in [5.41, 5.74) is 2.83. The highest BCUT2D eigenvalue weighted by molar-refractivity contribution is 8.05. The molecule has 1 aliphatic heterocycles. The predicted molar refractivity (Wildman–Crippen MR) is 46.7 cm³/mol. The molecule has 1 aliphatic carbocycles. The van der Waals surface area contributed by atoms with E-state index in [1.54, 1.807) is 11.8 Å². The van der Waals surface area contributed by atoms with Crippen LogP contribution in [0.15, 0.2) is 46.3 Å². The van der Waals surface area contributed by atoms with Gasteiger partial charge in [-0.05, 0) is 34.5 Å². The Hall–Kier alpha value is -0.690. The van der Waals surface area contributed by atoms with E-state index < -0.39 is 0 Å². The van der Waals surface area contributed by atoms with Gasteiger partial charge in [-0.1, -0.05) is 18.2 Å². The highest BCUT2D eigenvalue weighted by atomic mass is 32.2. The number of thioether (sulfide) groups is 1. The van der Waals surface area contributed by atoms with Crippen molar-refractivity contribution in [3.05, 3.63) is 46.3 Å². The Balaban J connectivity index is 2.39. The summed E-state index contributed by atoms with van der Waals surface area (Å²) < 4.78 is 0. The van der Waals surface area contributed by atoms with Crippen molar-refractivity contribution >= 4 is 11.8 Å². The molecular formula is C9H8S. The standard InChI is InChI=1S/C9H8S/c1-2-4-9-7-10-6-5-8(9)3-1/h1-3,5-7H,4H2. The van der Waals surface area contributed by atoms with E-state index in [4.69, 9.17) is 0 Å².